The molecule has 1 aromatic rings. The summed E-state index contributed by atoms with van der Waals surface area (Å²) in [6, 6.07) is 3.92. The molecule has 0 spiro atoms. The van der Waals surface area contributed by atoms with Gasteiger partial charge in [0.15, 0.2) is 0 Å². The Bertz CT molecular complexity index is 486. The van der Waals surface area contributed by atoms with Gasteiger partial charge in [0.25, 0.3) is 0 Å². The van der Waals surface area contributed by atoms with E-state index in [0.717, 1.165) is 17.7 Å². The molecule has 1 aromatic heterocycles. The highest BCUT2D eigenvalue weighted by Crippen LogP contribution is 2.29. The van der Waals surface area contributed by atoms with Crippen LogP contribution in [0, 0.1) is 16.0 Å². The predicted octanol–water partition coefficient (Wildman–Crippen LogP) is 2.64. The SMILES string of the molecule is CC1Cc2[nH]c(=S)c(C#N)cc2C(C)O1. The standard InChI is InChI=1S/C11H12N2OS/c1-6-3-10-9(7(2)14-6)4-8(5-12)11(15)13-10/h4,6-7H,3H2,1-2H3,(H,13,15). The average Bonchev–Trinajstić information content (AvgIpc) is 2.16. The number of ether oxygens (including phenoxy) is 1. The lowest BCUT2D eigenvalue weighted by Crippen LogP contribution is -2.23. The number of nitrogens with zero attached hydrogens (tertiary/aromatic N) is 1. The molecule has 1 N–H and O–H groups in total. The van der Waals surface area contributed by atoms with E-state index in [0.29, 0.717) is 10.2 Å². The predicted molar refractivity (Wildman–Crippen MR) is 59.0 cm³/mol. The Morgan fingerprint density at radius 1 is 1.60 bits per heavy atom. The first-order valence-electron chi connectivity index (χ1n) is 4.93. The monoisotopic (exact) mass is 220 g/mol. The summed E-state index contributed by atoms with van der Waals surface area (Å²) in [7, 11) is 0. The van der Waals surface area contributed by atoms with Gasteiger partial charge in [-0.25, -0.2) is 0 Å². The largest absolute Gasteiger partial charge is 0.370 e. The minimum Gasteiger partial charge on any atom is -0.370 e. The number of nitriles is 1. The van der Waals surface area contributed by atoms with Crippen LogP contribution >= 0.6 is 12.2 Å². The molecule has 0 radical (unpaired) electrons. The first-order valence-corrected chi connectivity index (χ1v) is 5.34. The van der Waals surface area contributed by atoms with Crippen molar-refractivity contribution >= 4 is 12.2 Å². The zero-order valence-electron chi connectivity index (χ0n) is 8.70. The topological polar surface area (TPSA) is 48.8 Å². The maximum absolute atomic E-state index is 8.88. The summed E-state index contributed by atoms with van der Waals surface area (Å²) in [6.45, 7) is 4.03. The molecule has 0 amide bonds. The Labute approximate surface area is 93.7 Å². The van der Waals surface area contributed by atoms with Crippen LogP contribution in [-0.2, 0) is 11.2 Å². The van der Waals surface area contributed by atoms with Gasteiger partial charge in [-0.05, 0) is 19.9 Å². The maximum Gasteiger partial charge on any atom is 0.121 e. The molecule has 0 aromatic carbocycles. The van der Waals surface area contributed by atoms with Crippen LogP contribution in [0.3, 0.4) is 0 Å². The molecule has 78 valence electrons. The van der Waals surface area contributed by atoms with Crippen LogP contribution < -0.4 is 0 Å². The Morgan fingerprint density at radius 3 is 3.00 bits per heavy atom. The van der Waals surface area contributed by atoms with E-state index in [1.165, 1.54) is 0 Å². The smallest absolute Gasteiger partial charge is 0.121 e. The van der Waals surface area contributed by atoms with Gasteiger partial charge < -0.3 is 9.72 Å². The number of hydrogen-bond donors (Lipinski definition) is 1. The minimum atomic E-state index is 0.0303. The first kappa shape index (κ1) is 10.3. The van der Waals surface area contributed by atoms with Gasteiger partial charge >= 0.3 is 0 Å². The number of aromatic nitrogens is 1. The highest BCUT2D eigenvalue weighted by atomic mass is 32.1. The molecule has 0 aliphatic carbocycles. The second-order valence-electron chi connectivity index (χ2n) is 3.85. The number of H-pyrrole nitrogens is 1. The van der Waals surface area contributed by atoms with Gasteiger partial charge in [0, 0.05) is 17.7 Å². The van der Waals surface area contributed by atoms with Crippen molar-refractivity contribution in [1.29, 1.82) is 5.26 Å². The van der Waals surface area contributed by atoms with E-state index in [1.54, 1.807) is 0 Å². The van der Waals surface area contributed by atoms with E-state index in [9.17, 15) is 0 Å². The normalized spacial score (nSPS) is 24.3. The molecule has 1 aliphatic heterocycles. The van der Waals surface area contributed by atoms with E-state index in [2.05, 4.69) is 11.1 Å². The summed E-state index contributed by atoms with van der Waals surface area (Å²) in [6.07, 6.45) is 1.06. The quantitative estimate of drug-likeness (QED) is 0.684. The van der Waals surface area contributed by atoms with Gasteiger partial charge in [-0.15, -0.1) is 0 Å². The van der Waals surface area contributed by atoms with Crippen LogP contribution in [0.1, 0.15) is 36.8 Å². The van der Waals surface area contributed by atoms with Gasteiger partial charge in [0.1, 0.15) is 10.7 Å². The molecule has 2 rings (SSSR count). The van der Waals surface area contributed by atoms with Crippen LogP contribution in [0.15, 0.2) is 6.07 Å². The van der Waals surface area contributed by atoms with E-state index >= 15 is 0 Å². The zero-order chi connectivity index (χ0) is 11.0. The fourth-order valence-corrected chi connectivity index (χ4v) is 2.18. The molecule has 0 bridgehead atoms. The third kappa shape index (κ3) is 1.81. The van der Waals surface area contributed by atoms with E-state index in [1.807, 2.05) is 19.9 Å². The second kappa shape index (κ2) is 3.76. The fraction of sp³-hybridized carbons (Fsp3) is 0.455. The van der Waals surface area contributed by atoms with Gasteiger partial charge in [-0.3, -0.25) is 0 Å². The van der Waals surface area contributed by atoms with Crippen molar-refractivity contribution in [2.45, 2.75) is 32.5 Å². The van der Waals surface area contributed by atoms with Gasteiger partial charge in [-0.2, -0.15) is 5.26 Å². The van der Waals surface area contributed by atoms with Crippen molar-refractivity contribution in [2.75, 3.05) is 0 Å². The van der Waals surface area contributed by atoms with E-state index in [4.69, 9.17) is 22.2 Å². The third-order valence-corrected chi connectivity index (χ3v) is 2.97. The summed E-state index contributed by atoms with van der Waals surface area (Å²) in [5.74, 6) is 0. The number of nitrogens with one attached hydrogen (secondary N) is 1. The Morgan fingerprint density at radius 2 is 2.33 bits per heavy atom. The molecule has 0 fully saturated rings. The van der Waals surface area contributed by atoms with Gasteiger partial charge in [0.05, 0.1) is 17.8 Å². The van der Waals surface area contributed by atoms with Crippen molar-refractivity contribution in [3.8, 4) is 6.07 Å². The van der Waals surface area contributed by atoms with E-state index < -0.39 is 0 Å². The molecule has 3 nitrogen and oxygen atoms in total. The first-order chi connectivity index (χ1) is 7.11. The Kier molecular flexibility index (Phi) is 2.59. The highest BCUT2D eigenvalue weighted by molar-refractivity contribution is 7.71. The number of aromatic amines is 1. The number of pyridine rings is 1. The van der Waals surface area contributed by atoms with Gasteiger partial charge in [-0.1, -0.05) is 12.2 Å². The van der Waals surface area contributed by atoms with Crippen LogP contribution in [0.25, 0.3) is 0 Å². The van der Waals surface area contributed by atoms with Crippen LogP contribution in [-0.4, -0.2) is 11.1 Å². The fourth-order valence-electron chi connectivity index (χ4n) is 1.96. The Hall–Kier alpha value is -1.18. The molecular formula is C11H12N2OS. The summed E-state index contributed by atoms with van der Waals surface area (Å²) < 4.78 is 6.21. The minimum absolute atomic E-state index is 0.0303. The molecular weight excluding hydrogens is 208 g/mol. The summed E-state index contributed by atoms with van der Waals surface area (Å²) in [4.78, 5) is 3.12. The van der Waals surface area contributed by atoms with Crippen molar-refractivity contribution in [3.63, 3.8) is 0 Å². The van der Waals surface area contributed by atoms with Crippen molar-refractivity contribution in [2.24, 2.45) is 0 Å². The number of hydrogen-bond acceptors (Lipinski definition) is 3. The summed E-state index contributed by atoms with van der Waals surface area (Å²) in [5, 5.41) is 8.88. The number of fused-ring (bicyclic) bond motifs is 1. The van der Waals surface area contributed by atoms with Crippen molar-refractivity contribution in [1.82, 2.24) is 4.98 Å². The average molecular weight is 220 g/mol. The summed E-state index contributed by atoms with van der Waals surface area (Å²) >= 11 is 5.09. The zero-order valence-corrected chi connectivity index (χ0v) is 9.52. The molecule has 0 saturated heterocycles. The van der Waals surface area contributed by atoms with Crippen molar-refractivity contribution in [3.05, 3.63) is 27.5 Å². The molecule has 2 heterocycles. The lowest BCUT2D eigenvalue weighted by Gasteiger charge is -2.27. The third-order valence-electron chi connectivity index (χ3n) is 2.64. The number of rotatable bonds is 0. The lowest BCUT2D eigenvalue weighted by atomic mass is 9.99. The molecule has 2 unspecified atom stereocenters. The van der Waals surface area contributed by atoms with E-state index in [-0.39, 0.29) is 12.2 Å². The van der Waals surface area contributed by atoms with Crippen molar-refractivity contribution < 1.29 is 4.74 Å². The summed E-state index contributed by atoms with van der Waals surface area (Å²) in [5.41, 5.74) is 2.68. The molecule has 15 heavy (non-hydrogen) atoms. The molecule has 0 saturated carbocycles. The molecule has 1 aliphatic rings. The van der Waals surface area contributed by atoms with Crippen LogP contribution in [0.2, 0.25) is 0 Å². The molecule has 4 heteroatoms. The van der Waals surface area contributed by atoms with Crippen LogP contribution in [0.4, 0.5) is 0 Å². The Balaban J connectivity index is 2.58. The lowest BCUT2D eigenvalue weighted by molar-refractivity contribution is -0.00598. The van der Waals surface area contributed by atoms with Crippen LogP contribution in [0.5, 0.6) is 0 Å². The molecule has 2 atom stereocenters. The highest BCUT2D eigenvalue weighted by Gasteiger charge is 2.22. The van der Waals surface area contributed by atoms with Gasteiger partial charge in [0.2, 0.25) is 0 Å². The maximum atomic E-state index is 8.88. The second-order valence-corrected chi connectivity index (χ2v) is 4.26.